The lowest BCUT2D eigenvalue weighted by atomic mass is 9.91. The Morgan fingerprint density at radius 2 is 1.76 bits per heavy atom. The third kappa shape index (κ3) is 5.29. The molecule has 34 heavy (non-hydrogen) atoms. The van der Waals surface area contributed by atoms with E-state index in [0.29, 0.717) is 21.9 Å². The number of sulfone groups is 1. The van der Waals surface area contributed by atoms with Crippen molar-refractivity contribution in [1.29, 1.82) is 0 Å². The first kappa shape index (κ1) is 23.9. The second-order valence-electron chi connectivity index (χ2n) is 8.57. The summed E-state index contributed by atoms with van der Waals surface area (Å²) in [6.45, 7) is 4.20. The van der Waals surface area contributed by atoms with Crippen LogP contribution in [-0.2, 0) is 15.6 Å². The summed E-state index contributed by atoms with van der Waals surface area (Å²) in [5, 5.41) is 1.50. The number of rotatable bonds is 6. The predicted octanol–water partition coefficient (Wildman–Crippen LogP) is 6.44. The van der Waals surface area contributed by atoms with Crippen LogP contribution in [0.5, 0.6) is 5.75 Å². The quantitative estimate of drug-likeness (QED) is 0.228. The van der Waals surface area contributed by atoms with Gasteiger partial charge in [-0.2, -0.15) is 0 Å². The Morgan fingerprint density at radius 1 is 1.03 bits per heavy atom. The van der Waals surface area contributed by atoms with Gasteiger partial charge in [-0.05, 0) is 58.5 Å². The van der Waals surface area contributed by atoms with Crippen LogP contribution in [0.3, 0.4) is 0 Å². The molecule has 3 aromatic carbocycles. The van der Waals surface area contributed by atoms with E-state index >= 15 is 0 Å². The predicted molar refractivity (Wildman–Crippen MR) is 136 cm³/mol. The monoisotopic (exact) mass is 493 g/mol. The van der Waals surface area contributed by atoms with Crippen molar-refractivity contribution < 1.29 is 17.9 Å². The second-order valence-corrected chi connectivity index (χ2v) is 11.1. The number of fused-ring (bicyclic) bond motifs is 1. The van der Waals surface area contributed by atoms with Gasteiger partial charge in [0.25, 0.3) is 0 Å². The number of para-hydroxylation sites is 1. The van der Waals surface area contributed by atoms with E-state index in [1.165, 1.54) is 0 Å². The maximum absolute atomic E-state index is 12.8. The van der Waals surface area contributed by atoms with E-state index in [-0.39, 0.29) is 17.2 Å². The number of benzene rings is 3. The average Bonchev–Trinajstić information content (AvgIpc) is 2.77. The van der Waals surface area contributed by atoms with Crippen LogP contribution in [0, 0.1) is 0 Å². The number of hydrogen-bond acceptors (Lipinski definition) is 5. The number of carbonyl (C=O) groups is 1. The first-order chi connectivity index (χ1) is 16.1. The van der Waals surface area contributed by atoms with Crippen LogP contribution in [0.4, 0.5) is 0 Å². The van der Waals surface area contributed by atoms with E-state index < -0.39 is 15.8 Å². The number of halogens is 1. The number of esters is 1. The molecule has 1 heterocycles. The minimum Gasteiger partial charge on any atom is -0.423 e. The lowest BCUT2D eigenvalue weighted by Crippen LogP contribution is -2.10. The van der Waals surface area contributed by atoms with Gasteiger partial charge in [0.15, 0.2) is 9.84 Å². The molecule has 0 aliphatic rings. The molecule has 5 nitrogen and oxygen atoms in total. The number of ether oxygens (including phenoxy) is 1. The highest BCUT2D eigenvalue weighted by Crippen LogP contribution is 2.38. The molecule has 0 N–H and O–H groups in total. The third-order valence-electron chi connectivity index (χ3n) is 5.42. The van der Waals surface area contributed by atoms with Crippen LogP contribution >= 0.6 is 11.6 Å². The van der Waals surface area contributed by atoms with E-state index in [2.05, 4.69) is 18.8 Å². The number of carbonyl (C=O) groups excluding carboxylic acids is 1. The van der Waals surface area contributed by atoms with Gasteiger partial charge in [-0.25, -0.2) is 13.2 Å². The summed E-state index contributed by atoms with van der Waals surface area (Å²) in [5.41, 5.74) is 4.48. The maximum atomic E-state index is 12.8. The molecule has 0 radical (unpaired) electrons. The van der Waals surface area contributed by atoms with Crippen LogP contribution in [0.1, 0.15) is 41.3 Å². The molecule has 0 fully saturated rings. The van der Waals surface area contributed by atoms with Crippen molar-refractivity contribution in [1.82, 2.24) is 4.98 Å². The number of pyridine rings is 1. The molecule has 0 aliphatic carbocycles. The largest absolute Gasteiger partial charge is 0.423 e. The smallest absolute Gasteiger partial charge is 0.343 e. The number of hydrogen-bond donors (Lipinski definition) is 0. The molecule has 0 amide bonds. The minimum absolute atomic E-state index is 0.140. The summed E-state index contributed by atoms with van der Waals surface area (Å²) in [4.78, 5) is 17.4. The zero-order chi connectivity index (χ0) is 24.5. The Kier molecular flexibility index (Phi) is 6.73. The van der Waals surface area contributed by atoms with Gasteiger partial charge >= 0.3 is 5.97 Å². The van der Waals surface area contributed by atoms with E-state index in [1.54, 1.807) is 30.3 Å². The summed E-state index contributed by atoms with van der Waals surface area (Å²) in [6, 6.07) is 19.5. The highest BCUT2D eigenvalue weighted by Gasteiger charge is 2.17. The van der Waals surface area contributed by atoms with E-state index in [0.717, 1.165) is 28.3 Å². The molecule has 0 spiro atoms. The first-order valence-corrected chi connectivity index (χ1v) is 13.2. The van der Waals surface area contributed by atoms with Crippen molar-refractivity contribution in [2.45, 2.75) is 25.5 Å². The Labute approximate surface area is 204 Å². The van der Waals surface area contributed by atoms with Crippen molar-refractivity contribution in [2.75, 3.05) is 6.26 Å². The van der Waals surface area contributed by atoms with Gasteiger partial charge in [0.05, 0.1) is 21.9 Å². The SMILES string of the molecule is CC(C)c1cnc2c(Cl)cccc2c1-c1cccc(OC(=O)c2cccc(CS(C)(=O)=O)c2)c1. The van der Waals surface area contributed by atoms with Crippen molar-refractivity contribution in [3.63, 3.8) is 0 Å². The van der Waals surface area contributed by atoms with E-state index in [4.69, 9.17) is 16.3 Å². The van der Waals surface area contributed by atoms with Crippen LogP contribution in [-0.4, -0.2) is 25.6 Å². The standard InChI is InChI=1S/C27H24ClNO4S/c1-17(2)23-15-29-26-22(11-6-12-24(26)28)25(23)19-8-5-10-21(14-19)33-27(30)20-9-4-7-18(13-20)16-34(3,31)32/h4-15,17H,16H2,1-3H3. The molecule has 0 atom stereocenters. The topological polar surface area (TPSA) is 73.3 Å². The van der Waals surface area contributed by atoms with E-state index in [9.17, 15) is 13.2 Å². The van der Waals surface area contributed by atoms with Crippen molar-refractivity contribution >= 4 is 38.3 Å². The fourth-order valence-corrected chi connectivity index (χ4v) is 4.94. The fraction of sp³-hybridized carbons (Fsp3) is 0.185. The molecular formula is C27H24ClNO4S. The number of nitrogens with zero attached hydrogens (tertiary/aromatic N) is 1. The highest BCUT2D eigenvalue weighted by molar-refractivity contribution is 7.89. The normalized spacial score (nSPS) is 11.7. The Morgan fingerprint density at radius 3 is 2.50 bits per heavy atom. The van der Waals surface area contributed by atoms with Gasteiger partial charge in [-0.1, -0.05) is 61.8 Å². The Balaban J connectivity index is 1.71. The maximum Gasteiger partial charge on any atom is 0.343 e. The molecule has 0 saturated heterocycles. The van der Waals surface area contributed by atoms with Gasteiger partial charge < -0.3 is 4.74 Å². The fourth-order valence-electron chi connectivity index (χ4n) is 3.93. The molecule has 1 aromatic heterocycles. The van der Waals surface area contributed by atoms with Crippen LogP contribution < -0.4 is 4.74 Å². The molecular weight excluding hydrogens is 470 g/mol. The molecule has 4 rings (SSSR count). The van der Waals surface area contributed by atoms with Gasteiger partial charge in [-0.3, -0.25) is 4.98 Å². The summed E-state index contributed by atoms with van der Waals surface area (Å²) in [7, 11) is -3.21. The summed E-state index contributed by atoms with van der Waals surface area (Å²) in [5.74, 6) is -0.0918. The van der Waals surface area contributed by atoms with E-state index in [1.807, 2.05) is 42.6 Å². The van der Waals surface area contributed by atoms with Crippen molar-refractivity contribution in [3.8, 4) is 16.9 Å². The summed E-state index contributed by atoms with van der Waals surface area (Å²) >= 11 is 6.40. The molecule has 0 bridgehead atoms. The molecule has 4 aromatic rings. The minimum atomic E-state index is -3.21. The second kappa shape index (κ2) is 9.57. The molecule has 0 aliphatic heterocycles. The lowest BCUT2D eigenvalue weighted by Gasteiger charge is -2.17. The zero-order valence-electron chi connectivity index (χ0n) is 19.1. The third-order valence-corrected chi connectivity index (χ3v) is 6.59. The lowest BCUT2D eigenvalue weighted by molar-refractivity contribution is 0.0734. The van der Waals surface area contributed by atoms with Gasteiger partial charge in [0, 0.05) is 17.8 Å². The van der Waals surface area contributed by atoms with Crippen LogP contribution in [0.15, 0.2) is 72.9 Å². The van der Waals surface area contributed by atoms with Crippen molar-refractivity contribution in [2.24, 2.45) is 0 Å². The molecule has 0 saturated carbocycles. The first-order valence-electron chi connectivity index (χ1n) is 10.8. The van der Waals surface area contributed by atoms with Gasteiger partial charge in [0.1, 0.15) is 5.75 Å². The molecule has 174 valence electrons. The van der Waals surface area contributed by atoms with Crippen molar-refractivity contribution in [3.05, 3.63) is 94.6 Å². The number of aromatic nitrogens is 1. The molecule has 7 heteroatoms. The average molecular weight is 494 g/mol. The van der Waals surface area contributed by atoms with Gasteiger partial charge in [0.2, 0.25) is 0 Å². The molecule has 0 unspecified atom stereocenters. The summed E-state index contributed by atoms with van der Waals surface area (Å²) < 4.78 is 28.9. The highest BCUT2D eigenvalue weighted by atomic mass is 35.5. The van der Waals surface area contributed by atoms with Crippen LogP contribution in [0.25, 0.3) is 22.0 Å². The van der Waals surface area contributed by atoms with Gasteiger partial charge in [-0.15, -0.1) is 0 Å². The van der Waals surface area contributed by atoms with Crippen LogP contribution in [0.2, 0.25) is 5.02 Å². The zero-order valence-corrected chi connectivity index (χ0v) is 20.7. The Hall–Kier alpha value is -3.22. The Bertz CT molecular complexity index is 1500. The summed E-state index contributed by atoms with van der Waals surface area (Å²) in [6.07, 6.45) is 3.01.